The van der Waals surface area contributed by atoms with Gasteiger partial charge in [-0.05, 0) is 33.6 Å². The summed E-state index contributed by atoms with van der Waals surface area (Å²) < 4.78 is 26.3. The van der Waals surface area contributed by atoms with Crippen molar-refractivity contribution in [2.45, 2.75) is 6.54 Å². The highest BCUT2D eigenvalue weighted by Crippen LogP contribution is 2.25. The molecule has 0 unspecified atom stereocenters. The van der Waals surface area contributed by atoms with Crippen molar-refractivity contribution in [3.05, 3.63) is 62.2 Å². The predicted molar refractivity (Wildman–Crippen MR) is 72.3 cm³/mol. The highest BCUT2D eigenvalue weighted by Gasteiger charge is 2.15. The molecule has 0 aliphatic carbocycles. The first-order valence-corrected chi connectivity index (χ1v) is 6.24. The van der Waals surface area contributed by atoms with Crippen molar-refractivity contribution >= 4 is 27.4 Å². The molecule has 0 radical (unpaired) electrons. The molecule has 0 atom stereocenters. The standard InChI is InChI=1S/C12H8BrF2N3O2/c13-8-4-11(18(19)20)12(17-6-8)16-5-7-1-2-9(14)10(15)3-7/h1-4,6H,5H2,(H,16,17). The van der Waals surface area contributed by atoms with Crippen LogP contribution in [0.15, 0.2) is 34.9 Å². The van der Waals surface area contributed by atoms with E-state index < -0.39 is 16.6 Å². The topological polar surface area (TPSA) is 68.1 Å². The normalized spacial score (nSPS) is 10.3. The van der Waals surface area contributed by atoms with E-state index in [1.54, 1.807) is 0 Å². The van der Waals surface area contributed by atoms with Crippen LogP contribution in [0.1, 0.15) is 5.56 Å². The van der Waals surface area contributed by atoms with Gasteiger partial charge in [-0.1, -0.05) is 6.07 Å². The van der Waals surface area contributed by atoms with Gasteiger partial charge in [-0.25, -0.2) is 13.8 Å². The number of halogens is 3. The predicted octanol–water partition coefficient (Wildman–Crippen LogP) is 3.64. The molecular formula is C12H8BrF2N3O2. The number of anilines is 1. The zero-order valence-electron chi connectivity index (χ0n) is 9.94. The summed E-state index contributed by atoms with van der Waals surface area (Å²) in [5, 5.41) is 13.6. The Morgan fingerprint density at radius 2 is 2.05 bits per heavy atom. The second-order valence-corrected chi connectivity index (χ2v) is 4.80. The van der Waals surface area contributed by atoms with Gasteiger partial charge in [-0.2, -0.15) is 0 Å². The number of benzene rings is 1. The lowest BCUT2D eigenvalue weighted by atomic mass is 10.2. The van der Waals surface area contributed by atoms with E-state index in [1.165, 1.54) is 18.3 Å². The van der Waals surface area contributed by atoms with Crippen LogP contribution < -0.4 is 5.32 Å². The first kappa shape index (κ1) is 14.3. The van der Waals surface area contributed by atoms with Gasteiger partial charge in [0.2, 0.25) is 5.82 Å². The first-order chi connectivity index (χ1) is 9.47. The number of nitro groups is 1. The van der Waals surface area contributed by atoms with Crippen molar-refractivity contribution < 1.29 is 13.7 Å². The van der Waals surface area contributed by atoms with Crippen LogP contribution in [-0.2, 0) is 6.54 Å². The van der Waals surface area contributed by atoms with Crippen molar-refractivity contribution in [3.8, 4) is 0 Å². The quantitative estimate of drug-likeness (QED) is 0.679. The fourth-order valence-electron chi connectivity index (χ4n) is 1.54. The molecule has 0 fully saturated rings. The molecule has 0 saturated heterocycles. The van der Waals surface area contributed by atoms with Crippen molar-refractivity contribution in [3.63, 3.8) is 0 Å². The molecule has 0 aliphatic heterocycles. The Kier molecular flexibility index (Phi) is 4.23. The highest BCUT2D eigenvalue weighted by molar-refractivity contribution is 9.10. The second-order valence-electron chi connectivity index (χ2n) is 3.88. The maximum Gasteiger partial charge on any atom is 0.312 e. The van der Waals surface area contributed by atoms with Gasteiger partial charge in [0.25, 0.3) is 0 Å². The lowest BCUT2D eigenvalue weighted by Crippen LogP contribution is -2.05. The average molecular weight is 344 g/mol. The fraction of sp³-hybridized carbons (Fsp3) is 0.0833. The van der Waals surface area contributed by atoms with Crippen LogP contribution in [0.25, 0.3) is 0 Å². The van der Waals surface area contributed by atoms with Crippen molar-refractivity contribution in [1.29, 1.82) is 0 Å². The summed E-state index contributed by atoms with van der Waals surface area (Å²) >= 11 is 3.09. The van der Waals surface area contributed by atoms with Gasteiger partial charge < -0.3 is 5.32 Å². The summed E-state index contributed by atoms with van der Waals surface area (Å²) in [4.78, 5) is 14.2. The molecule has 0 amide bonds. The lowest BCUT2D eigenvalue weighted by Gasteiger charge is -2.07. The molecule has 0 saturated carbocycles. The molecule has 5 nitrogen and oxygen atoms in total. The highest BCUT2D eigenvalue weighted by atomic mass is 79.9. The van der Waals surface area contributed by atoms with Crippen LogP contribution in [0.2, 0.25) is 0 Å². The minimum atomic E-state index is -0.970. The molecule has 104 valence electrons. The largest absolute Gasteiger partial charge is 0.360 e. The van der Waals surface area contributed by atoms with Crippen LogP contribution in [0.4, 0.5) is 20.3 Å². The van der Waals surface area contributed by atoms with Crippen LogP contribution in [0.5, 0.6) is 0 Å². The van der Waals surface area contributed by atoms with Gasteiger partial charge in [-0.15, -0.1) is 0 Å². The van der Waals surface area contributed by atoms with E-state index in [0.29, 0.717) is 10.0 Å². The molecule has 0 spiro atoms. The van der Waals surface area contributed by atoms with E-state index in [1.807, 2.05) is 0 Å². The molecular weight excluding hydrogens is 336 g/mol. The molecule has 0 aliphatic rings. The van der Waals surface area contributed by atoms with Gasteiger partial charge in [0.15, 0.2) is 11.6 Å². The van der Waals surface area contributed by atoms with Crippen LogP contribution >= 0.6 is 15.9 Å². The summed E-state index contributed by atoms with van der Waals surface area (Å²) in [5.41, 5.74) is 0.241. The molecule has 1 heterocycles. The SMILES string of the molecule is O=[N+]([O-])c1cc(Br)cnc1NCc1ccc(F)c(F)c1. The van der Waals surface area contributed by atoms with Gasteiger partial charge in [-0.3, -0.25) is 10.1 Å². The zero-order chi connectivity index (χ0) is 14.7. The Morgan fingerprint density at radius 1 is 1.30 bits per heavy atom. The lowest BCUT2D eigenvalue weighted by molar-refractivity contribution is -0.384. The monoisotopic (exact) mass is 343 g/mol. The smallest absolute Gasteiger partial charge is 0.312 e. The van der Waals surface area contributed by atoms with E-state index in [0.717, 1.165) is 12.1 Å². The van der Waals surface area contributed by atoms with Crippen LogP contribution in [-0.4, -0.2) is 9.91 Å². The number of nitrogens with zero attached hydrogens (tertiary/aromatic N) is 2. The Labute approximate surface area is 120 Å². The third-order valence-corrected chi connectivity index (χ3v) is 2.91. The number of pyridine rings is 1. The molecule has 8 heteroatoms. The Morgan fingerprint density at radius 3 is 2.70 bits per heavy atom. The van der Waals surface area contributed by atoms with Crippen molar-refractivity contribution in [2.24, 2.45) is 0 Å². The Bertz CT molecular complexity index is 667. The summed E-state index contributed by atoms with van der Waals surface area (Å²) in [6.07, 6.45) is 1.40. The van der Waals surface area contributed by atoms with Crippen LogP contribution in [0.3, 0.4) is 0 Å². The number of hydrogen-bond donors (Lipinski definition) is 1. The number of rotatable bonds is 4. The minimum Gasteiger partial charge on any atom is -0.360 e. The van der Waals surface area contributed by atoms with Gasteiger partial charge >= 0.3 is 5.69 Å². The average Bonchev–Trinajstić information content (AvgIpc) is 2.41. The number of nitrogens with one attached hydrogen (secondary N) is 1. The van der Waals surface area contributed by atoms with Crippen molar-refractivity contribution in [1.82, 2.24) is 4.98 Å². The van der Waals surface area contributed by atoms with Gasteiger partial charge in [0.1, 0.15) is 0 Å². The van der Waals surface area contributed by atoms with E-state index in [9.17, 15) is 18.9 Å². The fourth-order valence-corrected chi connectivity index (χ4v) is 1.86. The first-order valence-electron chi connectivity index (χ1n) is 5.45. The third-order valence-electron chi connectivity index (χ3n) is 2.47. The molecule has 2 aromatic rings. The maximum atomic E-state index is 13.0. The summed E-state index contributed by atoms with van der Waals surface area (Å²) in [7, 11) is 0. The van der Waals surface area contributed by atoms with Gasteiger partial charge in [0, 0.05) is 23.3 Å². The molecule has 2 rings (SSSR count). The summed E-state index contributed by atoms with van der Waals surface area (Å²) in [6, 6.07) is 4.71. The summed E-state index contributed by atoms with van der Waals surface area (Å²) in [5.74, 6) is -1.85. The molecule has 1 N–H and O–H groups in total. The Balaban J connectivity index is 2.18. The number of aromatic nitrogens is 1. The zero-order valence-corrected chi connectivity index (χ0v) is 11.5. The van der Waals surface area contributed by atoms with Gasteiger partial charge in [0.05, 0.1) is 4.92 Å². The molecule has 1 aromatic heterocycles. The van der Waals surface area contributed by atoms with Crippen LogP contribution in [0, 0.1) is 21.7 Å². The Hall–Kier alpha value is -2.09. The number of hydrogen-bond acceptors (Lipinski definition) is 4. The summed E-state index contributed by atoms with van der Waals surface area (Å²) in [6.45, 7) is 0.0900. The van der Waals surface area contributed by atoms with E-state index in [-0.39, 0.29) is 18.1 Å². The third kappa shape index (κ3) is 3.27. The second kappa shape index (κ2) is 5.91. The van der Waals surface area contributed by atoms with E-state index in [4.69, 9.17) is 0 Å². The van der Waals surface area contributed by atoms with E-state index >= 15 is 0 Å². The molecule has 20 heavy (non-hydrogen) atoms. The van der Waals surface area contributed by atoms with Crippen molar-refractivity contribution in [2.75, 3.05) is 5.32 Å². The molecule has 1 aromatic carbocycles. The van der Waals surface area contributed by atoms with E-state index in [2.05, 4.69) is 26.2 Å². The molecule has 0 bridgehead atoms. The maximum absolute atomic E-state index is 13.0. The minimum absolute atomic E-state index is 0.0583.